The fraction of sp³-hybridized carbons (Fsp3) is 0.955. The van der Waals surface area contributed by atoms with Gasteiger partial charge in [0.2, 0.25) is 0 Å². The first-order valence-electron chi connectivity index (χ1n) is 22.9. The number of carbonyl (C=O) groups excluding carboxylic acids is 2. The van der Waals surface area contributed by atoms with Crippen molar-refractivity contribution in [3.63, 3.8) is 0 Å². The Morgan fingerprint density at radius 2 is 0.982 bits per heavy atom. The molecule has 0 radical (unpaired) electrons. The molecular weight excluding hydrogens is 717 g/mol. The summed E-state index contributed by atoms with van der Waals surface area (Å²) in [6, 6.07) is 0. The third-order valence-electron chi connectivity index (χ3n) is 10.6. The van der Waals surface area contributed by atoms with Gasteiger partial charge in [-0.2, -0.15) is 0 Å². The highest BCUT2D eigenvalue weighted by atomic mass is 31.2. The number of epoxide rings is 1. The van der Waals surface area contributed by atoms with E-state index in [1.165, 1.54) is 122 Å². The van der Waals surface area contributed by atoms with Crippen LogP contribution in [0.1, 0.15) is 206 Å². The molecule has 1 saturated heterocycles. The van der Waals surface area contributed by atoms with E-state index >= 15 is 0 Å². The molecule has 0 bridgehead atoms. The van der Waals surface area contributed by atoms with Gasteiger partial charge in [0.1, 0.15) is 19.8 Å². The van der Waals surface area contributed by atoms with Gasteiger partial charge in [-0.1, -0.05) is 168 Å². The quantitative estimate of drug-likeness (QED) is 0.0212. The van der Waals surface area contributed by atoms with Crippen LogP contribution < -0.4 is 0 Å². The Hall–Kier alpha value is -1.03. The predicted molar refractivity (Wildman–Crippen MR) is 224 cm³/mol. The minimum atomic E-state index is -4.38. The lowest BCUT2D eigenvalue weighted by Gasteiger charge is -2.24. The summed E-state index contributed by atoms with van der Waals surface area (Å²) < 4.78 is 40.2. The maximum Gasteiger partial charge on any atom is 0.472 e. The smallest absolute Gasteiger partial charge is 0.462 e. The van der Waals surface area contributed by atoms with E-state index in [4.69, 9.17) is 23.3 Å². The molecule has 10 nitrogen and oxygen atoms in total. The molecule has 1 N–H and O–H groups in total. The molecule has 0 aromatic rings. The summed E-state index contributed by atoms with van der Waals surface area (Å²) >= 11 is 0. The minimum absolute atomic E-state index is 0.0312. The molecule has 0 amide bonds. The topological polar surface area (TPSA) is 121 Å². The number of carbonyl (C=O) groups is 2. The lowest BCUT2D eigenvalue weighted by atomic mass is 10.0. The summed E-state index contributed by atoms with van der Waals surface area (Å²) in [4.78, 5) is 35.4. The molecule has 1 aliphatic heterocycles. The number of phosphoric acid groups is 1. The van der Waals surface area contributed by atoms with Gasteiger partial charge in [-0.05, 0) is 25.7 Å². The second-order valence-corrected chi connectivity index (χ2v) is 18.6. The number of likely N-dealkylation sites (N-methyl/N-ethyl adjacent to an activating group) is 1. The maximum atomic E-state index is 12.7. The van der Waals surface area contributed by atoms with Crippen molar-refractivity contribution >= 4 is 19.8 Å². The lowest BCUT2D eigenvalue weighted by Crippen LogP contribution is -2.37. The average molecular weight is 805 g/mol. The first-order valence-corrected chi connectivity index (χ1v) is 24.4. The van der Waals surface area contributed by atoms with Crippen molar-refractivity contribution in [1.29, 1.82) is 0 Å². The molecule has 326 valence electrons. The number of rotatable bonds is 41. The Kier molecular flexibility index (Phi) is 32.0. The standard InChI is InChI=1S/C44H86NO9P/c1-6-8-10-12-14-15-16-17-18-19-20-21-22-26-30-34-43(46)50-38-40(39-52-55(48,49)51-37-36-45(3,4)5)53-44(47)35-31-27-23-25-29-33-42-41(54-42)32-28-24-13-11-9-7-2/h40-42H,6-39H2,1-5H3/p+1/t40-,41+,42-/m1/s1. The number of nitrogens with zero attached hydrogens (tertiary/aromatic N) is 1. The largest absolute Gasteiger partial charge is 0.472 e. The van der Waals surface area contributed by atoms with Crippen LogP contribution in [-0.2, 0) is 37.4 Å². The Morgan fingerprint density at radius 1 is 0.582 bits per heavy atom. The molecule has 55 heavy (non-hydrogen) atoms. The van der Waals surface area contributed by atoms with Crippen LogP contribution in [-0.4, -0.2) is 87.1 Å². The third kappa shape index (κ3) is 34.7. The highest BCUT2D eigenvalue weighted by Gasteiger charge is 2.36. The van der Waals surface area contributed by atoms with Gasteiger partial charge in [0, 0.05) is 12.8 Å². The predicted octanol–water partition coefficient (Wildman–Crippen LogP) is 11.8. The highest BCUT2D eigenvalue weighted by molar-refractivity contribution is 7.47. The van der Waals surface area contributed by atoms with Crippen molar-refractivity contribution < 1.29 is 46.8 Å². The molecule has 1 fully saturated rings. The number of hydrogen-bond donors (Lipinski definition) is 1. The lowest BCUT2D eigenvalue weighted by molar-refractivity contribution is -0.870. The van der Waals surface area contributed by atoms with Gasteiger partial charge in [0.05, 0.1) is 40.0 Å². The number of ether oxygens (including phenoxy) is 3. The summed E-state index contributed by atoms with van der Waals surface area (Å²) in [5, 5.41) is 0. The second-order valence-electron chi connectivity index (χ2n) is 17.2. The summed E-state index contributed by atoms with van der Waals surface area (Å²) in [6.07, 6.45) is 34.4. The number of esters is 2. The first kappa shape index (κ1) is 52.0. The molecule has 0 aromatic carbocycles. The zero-order valence-electron chi connectivity index (χ0n) is 36.4. The van der Waals surface area contributed by atoms with Gasteiger partial charge in [-0.25, -0.2) is 4.57 Å². The molecule has 0 aromatic heterocycles. The van der Waals surface area contributed by atoms with Crippen LogP contribution in [0.25, 0.3) is 0 Å². The number of quaternary nitrogens is 1. The molecule has 1 unspecified atom stereocenters. The van der Waals surface area contributed by atoms with Crippen molar-refractivity contribution in [2.45, 2.75) is 225 Å². The van der Waals surface area contributed by atoms with E-state index in [9.17, 15) is 19.0 Å². The molecule has 0 aliphatic carbocycles. The Balaban J connectivity index is 2.26. The molecular formula is C44H87NO9P+. The monoisotopic (exact) mass is 805 g/mol. The van der Waals surface area contributed by atoms with E-state index in [0.29, 0.717) is 36.1 Å². The van der Waals surface area contributed by atoms with E-state index in [1.54, 1.807) is 0 Å². The Labute approximate surface area is 338 Å². The molecule has 0 spiro atoms. The fourth-order valence-electron chi connectivity index (χ4n) is 6.86. The van der Waals surface area contributed by atoms with Crippen molar-refractivity contribution in [1.82, 2.24) is 0 Å². The zero-order valence-corrected chi connectivity index (χ0v) is 37.3. The van der Waals surface area contributed by atoms with Crippen LogP contribution in [0.4, 0.5) is 0 Å². The molecule has 1 rings (SSSR count). The van der Waals surface area contributed by atoms with Crippen molar-refractivity contribution in [3.05, 3.63) is 0 Å². The van der Waals surface area contributed by atoms with E-state index < -0.39 is 26.5 Å². The Bertz CT molecular complexity index is 975. The maximum absolute atomic E-state index is 12.7. The average Bonchev–Trinajstić information content (AvgIpc) is 3.89. The van der Waals surface area contributed by atoms with E-state index in [2.05, 4.69) is 13.8 Å². The third-order valence-corrected chi connectivity index (χ3v) is 11.5. The van der Waals surface area contributed by atoms with Crippen LogP contribution in [0.2, 0.25) is 0 Å². The van der Waals surface area contributed by atoms with Gasteiger partial charge < -0.3 is 23.6 Å². The van der Waals surface area contributed by atoms with E-state index in [1.807, 2.05) is 21.1 Å². The summed E-state index contributed by atoms with van der Waals surface area (Å²) in [7, 11) is 1.47. The summed E-state index contributed by atoms with van der Waals surface area (Å²) in [6.45, 7) is 4.42. The van der Waals surface area contributed by atoms with Crippen molar-refractivity contribution in [3.8, 4) is 0 Å². The zero-order chi connectivity index (χ0) is 40.5. The molecule has 0 saturated carbocycles. The molecule has 4 atom stereocenters. The van der Waals surface area contributed by atoms with Crippen LogP contribution in [0.3, 0.4) is 0 Å². The number of hydrogen-bond acceptors (Lipinski definition) is 8. The van der Waals surface area contributed by atoms with Crippen LogP contribution >= 0.6 is 7.82 Å². The molecule has 11 heteroatoms. The van der Waals surface area contributed by atoms with E-state index in [-0.39, 0.29) is 25.6 Å². The fourth-order valence-corrected chi connectivity index (χ4v) is 7.60. The second kappa shape index (κ2) is 33.9. The van der Waals surface area contributed by atoms with Crippen molar-refractivity contribution in [2.75, 3.05) is 47.5 Å². The SMILES string of the molecule is CCCCCCCCCCCCCCCCCC(=O)OC[C@H](COP(=O)(O)OCC[N+](C)(C)C)OC(=O)CCCCCCC[C@H]1O[C@H]1CCCCCCCC. The van der Waals surface area contributed by atoms with E-state index in [0.717, 1.165) is 51.4 Å². The normalized spacial score (nSPS) is 17.2. The van der Waals surface area contributed by atoms with Crippen molar-refractivity contribution in [2.24, 2.45) is 0 Å². The van der Waals surface area contributed by atoms with Crippen LogP contribution in [0.15, 0.2) is 0 Å². The van der Waals surface area contributed by atoms with Gasteiger partial charge in [0.25, 0.3) is 0 Å². The summed E-state index contributed by atoms with van der Waals surface area (Å²) in [5.41, 5.74) is 0. The number of phosphoric ester groups is 1. The van der Waals surface area contributed by atoms with Crippen LogP contribution in [0.5, 0.6) is 0 Å². The molecule has 1 aliphatic rings. The molecule has 1 heterocycles. The number of unbranched alkanes of at least 4 members (excludes halogenated alkanes) is 23. The van der Waals surface area contributed by atoms with Gasteiger partial charge in [-0.3, -0.25) is 18.6 Å². The summed E-state index contributed by atoms with van der Waals surface area (Å²) in [5.74, 6) is -0.804. The van der Waals surface area contributed by atoms with Crippen LogP contribution in [0, 0.1) is 0 Å². The minimum Gasteiger partial charge on any atom is -0.462 e. The van der Waals surface area contributed by atoms with Gasteiger partial charge in [-0.15, -0.1) is 0 Å². The van der Waals surface area contributed by atoms with Gasteiger partial charge >= 0.3 is 19.8 Å². The van der Waals surface area contributed by atoms with Gasteiger partial charge in [0.15, 0.2) is 6.10 Å². The first-order chi connectivity index (χ1) is 26.5. The highest BCUT2D eigenvalue weighted by Crippen LogP contribution is 2.43. The Morgan fingerprint density at radius 3 is 1.42 bits per heavy atom.